The number of aryl methyl sites for hydroxylation is 2. The Kier molecular flexibility index (Phi) is 4.71. The maximum absolute atomic E-state index is 5.10. The number of ether oxygens (including phenoxy) is 1. The maximum Gasteiger partial charge on any atom is 0.0713 e. The van der Waals surface area contributed by atoms with E-state index in [1.807, 2.05) is 18.7 Å². The molecule has 1 N–H and O–H groups in total. The van der Waals surface area contributed by atoms with Crippen molar-refractivity contribution >= 4 is 0 Å². The van der Waals surface area contributed by atoms with Crippen LogP contribution in [0.5, 0.6) is 0 Å². The summed E-state index contributed by atoms with van der Waals surface area (Å²) in [6.07, 6.45) is 2.06. The molecular formula is C15H21N3O. The number of rotatable bonds is 6. The first kappa shape index (κ1) is 13.8. The predicted octanol–water partition coefficient (Wildman–Crippen LogP) is 2.16. The molecule has 4 nitrogen and oxygen atoms in total. The van der Waals surface area contributed by atoms with Crippen molar-refractivity contribution in [1.82, 2.24) is 15.1 Å². The summed E-state index contributed by atoms with van der Waals surface area (Å²) in [5.41, 5.74) is 4.82. The monoisotopic (exact) mass is 259 g/mol. The van der Waals surface area contributed by atoms with Gasteiger partial charge in [-0.25, -0.2) is 0 Å². The summed E-state index contributed by atoms with van der Waals surface area (Å²) in [5, 5.41) is 7.77. The minimum atomic E-state index is 0.669. The first-order valence-electron chi connectivity index (χ1n) is 6.45. The lowest BCUT2D eigenvalue weighted by Crippen LogP contribution is -2.12. The lowest BCUT2D eigenvalue weighted by Gasteiger charge is -2.05. The van der Waals surface area contributed by atoms with Crippen LogP contribution >= 0.6 is 0 Å². The van der Waals surface area contributed by atoms with Crippen LogP contribution in [0.1, 0.15) is 22.4 Å². The highest BCUT2D eigenvalue weighted by Gasteiger charge is 2.02. The Labute approximate surface area is 114 Å². The van der Waals surface area contributed by atoms with Crippen LogP contribution in [0, 0.1) is 6.92 Å². The summed E-state index contributed by atoms with van der Waals surface area (Å²) in [6, 6.07) is 8.49. The SMILES string of the molecule is COCc1ccc(CNCc2cn(C)nc2C)cc1. The quantitative estimate of drug-likeness (QED) is 0.864. The molecule has 1 aromatic carbocycles. The summed E-state index contributed by atoms with van der Waals surface area (Å²) >= 11 is 0. The third-order valence-corrected chi connectivity index (χ3v) is 3.09. The molecule has 0 aliphatic rings. The fourth-order valence-electron chi connectivity index (χ4n) is 2.08. The van der Waals surface area contributed by atoms with E-state index in [-0.39, 0.29) is 0 Å². The molecule has 0 saturated heterocycles. The first-order chi connectivity index (χ1) is 9.19. The molecule has 0 unspecified atom stereocenters. The molecule has 102 valence electrons. The van der Waals surface area contributed by atoms with Gasteiger partial charge in [0.25, 0.3) is 0 Å². The zero-order valence-corrected chi connectivity index (χ0v) is 11.8. The molecular weight excluding hydrogens is 238 g/mol. The van der Waals surface area contributed by atoms with Crippen molar-refractivity contribution in [3.63, 3.8) is 0 Å². The van der Waals surface area contributed by atoms with Crippen molar-refractivity contribution in [2.75, 3.05) is 7.11 Å². The third-order valence-electron chi connectivity index (χ3n) is 3.09. The van der Waals surface area contributed by atoms with Gasteiger partial charge in [-0.2, -0.15) is 5.10 Å². The summed E-state index contributed by atoms with van der Waals surface area (Å²) in [6.45, 7) is 4.42. The van der Waals surface area contributed by atoms with Gasteiger partial charge in [-0.1, -0.05) is 24.3 Å². The molecule has 0 radical (unpaired) electrons. The second-order valence-electron chi connectivity index (χ2n) is 4.77. The molecule has 0 saturated carbocycles. The highest BCUT2D eigenvalue weighted by atomic mass is 16.5. The topological polar surface area (TPSA) is 39.1 Å². The summed E-state index contributed by atoms with van der Waals surface area (Å²) in [5.74, 6) is 0. The average molecular weight is 259 g/mol. The fourth-order valence-corrected chi connectivity index (χ4v) is 2.08. The van der Waals surface area contributed by atoms with Gasteiger partial charge in [-0.3, -0.25) is 4.68 Å². The highest BCUT2D eigenvalue weighted by Crippen LogP contribution is 2.07. The Balaban J connectivity index is 1.83. The van der Waals surface area contributed by atoms with E-state index < -0.39 is 0 Å². The Morgan fingerprint density at radius 1 is 1.16 bits per heavy atom. The van der Waals surface area contributed by atoms with Crippen LogP contribution in [0.2, 0.25) is 0 Å². The van der Waals surface area contributed by atoms with E-state index in [1.54, 1.807) is 7.11 Å². The van der Waals surface area contributed by atoms with Gasteiger partial charge < -0.3 is 10.1 Å². The standard InChI is InChI=1S/C15H21N3O/c1-12-15(10-18(2)17-12)9-16-8-13-4-6-14(7-5-13)11-19-3/h4-7,10,16H,8-9,11H2,1-3H3. The summed E-state index contributed by atoms with van der Waals surface area (Å²) in [7, 11) is 3.66. The molecule has 0 aliphatic heterocycles. The lowest BCUT2D eigenvalue weighted by molar-refractivity contribution is 0.185. The van der Waals surface area contributed by atoms with E-state index in [0.29, 0.717) is 6.61 Å². The van der Waals surface area contributed by atoms with Crippen LogP contribution in [0.3, 0.4) is 0 Å². The van der Waals surface area contributed by atoms with Crippen molar-refractivity contribution < 1.29 is 4.74 Å². The minimum Gasteiger partial charge on any atom is -0.380 e. The molecule has 0 amide bonds. The molecule has 0 bridgehead atoms. The number of hydrogen-bond donors (Lipinski definition) is 1. The third kappa shape index (κ3) is 3.91. The molecule has 1 aromatic heterocycles. The van der Waals surface area contributed by atoms with Crippen LogP contribution in [-0.4, -0.2) is 16.9 Å². The smallest absolute Gasteiger partial charge is 0.0713 e. The molecule has 0 fully saturated rings. The van der Waals surface area contributed by atoms with Crippen molar-refractivity contribution in [3.8, 4) is 0 Å². The molecule has 2 rings (SSSR count). The van der Waals surface area contributed by atoms with Crippen molar-refractivity contribution in [2.24, 2.45) is 7.05 Å². The van der Waals surface area contributed by atoms with E-state index in [4.69, 9.17) is 4.74 Å². The number of nitrogens with zero attached hydrogens (tertiary/aromatic N) is 2. The second kappa shape index (κ2) is 6.50. The number of benzene rings is 1. The molecule has 0 atom stereocenters. The van der Waals surface area contributed by atoms with Gasteiger partial charge in [0.15, 0.2) is 0 Å². The van der Waals surface area contributed by atoms with E-state index in [9.17, 15) is 0 Å². The largest absolute Gasteiger partial charge is 0.380 e. The minimum absolute atomic E-state index is 0.669. The van der Waals surface area contributed by atoms with Gasteiger partial charge in [-0.15, -0.1) is 0 Å². The number of hydrogen-bond acceptors (Lipinski definition) is 3. The molecule has 0 spiro atoms. The van der Waals surface area contributed by atoms with Crippen LogP contribution in [0.15, 0.2) is 30.5 Å². The average Bonchev–Trinajstić information content (AvgIpc) is 2.71. The Hall–Kier alpha value is -1.65. The molecule has 0 aliphatic carbocycles. The van der Waals surface area contributed by atoms with Crippen molar-refractivity contribution in [3.05, 3.63) is 52.8 Å². The number of aromatic nitrogens is 2. The Morgan fingerprint density at radius 2 is 1.84 bits per heavy atom. The number of nitrogens with one attached hydrogen (secondary N) is 1. The van der Waals surface area contributed by atoms with E-state index in [1.165, 1.54) is 16.7 Å². The Bertz CT molecular complexity index is 517. The van der Waals surface area contributed by atoms with Crippen LogP contribution < -0.4 is 5.32 Å². The Morgan fingerprint density at radius 3 is 2.42 bits per heavy atom. The van der Waals surface area contributed by atoms with Gasteiger partial charge in [0.05, 0.1) is 12.3 Å². The molecule has 19 heavy (non-hydrogen) atoms. The first-order valence-corrected chi connectivity index (χ1v) is 6.45. The van der Waals surface area contributed by atoms with Gasteiger partial charge in [0.1, 0.15) is 0 Å². The molecule has 2 aromatic rings. The maximum atomic E-state index is 5.10. The van der Waals surface area contributed by atoms with Crippen LogP contribution in [-0.2, 0) is 31.5 Å². The van der Waals surface area contributed by atoms with E-state index >= 15 is 0 Å². The van der Waals surface area contributed by atoms with Crippen LogP contribution in [0.25, 0.3) is 0 Å². The van der Waals surface area contributed by atoms with Gasteiger partial charge in [0.2, 0.25) is 0 Å². The highest BCUT2D eigenvalue weighted by molar-refractivity contribution is 5.22. The fraction of sp³-hybridized carbons (Fsp3) is 0.400. The lowest BCUT2D eigenvalue weighted by atomic mass is 10.1. The second-order valence-corrected chi connectivity index (χ2v) is 4.77. The molecule has 1 heterocycles. The normalized spacial score (nSPS) is 10.9. The molecule has 4 heteroatoms. The van der Waals surface area contributed by atoms with Gasteiger partial charge >= 0.3 is 0 Å². The number of methoxy groups -OCH3 is 1. The van der Waals surface area contributed by atoms with Gasteiger partial charge in [-0.05, 0) is 18.1 Å². The zero-order chi connectivity index (χ0) is 13.7. The van der Waals surface area contributed by atoms with Crippen molar-refractivity contribution in [2.45, 2.75) is 26.6 Å². The van der Waals surface area contributed by atoms with Crippen molar-refractivity contribution in [1.29, 1.82) is 0 Å². The zero-order valence-electron chi connectivity index (χ0n) is 11.8. The van der Waals surface area contributed by atoms with Crippen LogP contribution in [0.4, 0.5) is 0 Å². The predicted molar refractivity (Wildman–Crippen MR) is 75.6 cm³/mol. The van der Waals surface area contributed by atoms with E-state index in [0.717, 1.165) is 18.8 Å². The van der Waals surface area contributed by atoms with E-state index in [2.05, 4.69) is 40.9 Å². The summed E-state index contributed by atoms with van der Waals surface area (Å²) in [4.78, 5) is 0. The van der Waals surface area contributed by atoms with Gasteiger partial charge in [0, 0.05) is 39.0 Å². The summed E-state index contributed by atoms with van der Waals surface area (Å²) < 4.78 is 6.95.